The highest BCUT2D eigenvalue weighted by molar-refractivity contribution is 7.92. The Labute approximate surface area is 224 Å². The largest absolute Gasteiger partial charge is 0.497 e. The summed E-state index contributed by atoms with van der Waals surface area (Å²) in [6.45, 7) is 1.34. The quantitative estimate of drug-likeness (QED) is 0.174. The van der Waals surface area contributed by atoms with Crippen molar-refractivity contribution in [2.24, 2.45) is 5.10 Å². The van der Waals surface area contributed by atoms with Crippen LogP contribution in [0.1, 0.15) is 11.3 Å². The van der Waals surface area contributed by atoms with Gasteiger partial charge in [-0.3, -0.25) is 19.2 Å². The number of amides is 1. The van der Waals surface area contributed by atoms with Gasteiger partial charge in [0.05, 0.1) is 28.8 Å². The van der Waals surface area contributed by atoms with Gasteiger partial charge < -0.3 is 9.15 Å². The number of nitrogens with one attached hydrogen (secondary N) is 1. The van der Waals surface area contributed by atoms with Gasteiger partial charge in [0.1, 0.15) is 23.8 Å². The molecule has 0 aliphatic rings. The van der Waals surface area contributed by atoms with Crippen LogP contribution < -0.4 is 14.5 Å². The number of hydrogen-bond acceptors (Lipinski definition) is 8. The van der Waals surface area contributed by atoms with E-state index in [1.807, 2.05) is 6.92 Å². The van der Waals surface area contributed by atoms with E-state index in [0.29, 0.717) is 28.5 Å². The molecule has 200 valence electrons. The summed E-state index contributed by atoms with van der Waals surface area (Å²) >= 11 is 0. The fourth-order valence-electron chi connectivity index (χ4n) is 3.56. The third kappa shape index (κ3) is 6.48. The van der Waals surface area contributed by atoms with E-state index in [1.54, 1.807) is 48.5 Å². The summed E-state index contributed by atoms with van der Waals surface area (Å²) in [5, 5.41) is 14.7. The van der Waals surface area contributed by atoms with Crippen molar-refractivity contribution in [2.45, 2.75) is 11.8 Å². The number of nitro benzene ring substituents is 1. The molecule has 39 heavy (non-hydrogen) atoms. The molecule has 0 saturated carbocycles. The van der Waals surface area contributed by atoms with Crippen LogP contribution in [-0.4, -0.2) is 39.1 Å². The Morgan fingerprint density at radius 1 is 1.03 bits per heavy atom. The summed E-state index contributed by atoms with van der Waals surface area (Å²) in [5.74, 6) is 0.586. The first-order chi connectivity index (χ1) is 18.7. The minimum absolute atomic E-state index is 0.00506. The van der Waals surface area contributed by atoms with Gasteiger partial charge in [-0.2, -0.15) is 5.10 Å². The average molecular weight is 549 g/mol. The lowest BCUT2D eigenvalue weighted by atomic mass is 10.1. The molecule has 4 aromatic rings. The number of sulfonamides is 1. The molecule has 0 bridgehead atoms. The van der Waals surface area contributed by atoms with Gasteiger partial charge in [0, 0.05) is 17.7 Å². The Kier molecular flexibility index (Phi) is 8.06. The minimum atomic E-state index is -4.10. The first-order valence-electron chi connectivity index (χ1n) is 11.6. The molecule has 0 atom stereocenters. The molecule has 0 fully saturated rings. The highest BCUT2D eigenvalue weighted by atomic mass is 32.2. The fraction of sp³-hybridized carbons (Fsp3) is 0.111. The Bertz CT molecular complexity index is 1600. The number of ether oxygens (including phenoxy) is 1. The molecule has 4 rings (SSSR count). The summed E-state index contributed by atoms with van der Waals surface area (Å²) in [6, 6.07) is 21.7. The summed E-state index contributed by atoms with van der Waals surface area (Å²) in [6.07, 6.45) is 1.26. The standard InChI is InChI=1S/C27H24N4O7S/c1-19-3-7-21(8-4-19)30(39(35,36)25-14-11-23(37-2)12-15-25)18-27(32)29-28-17-24-13-16-26(38-24)20-5-9-22(10-6-20)31(33)34/h3-17H,18H2,1-2H3,(H,29,32)/b28-17+. The lowest BCUT2D eigenvalue weighted by Gasteiger charge is -2.24. The number of non-ortho nitro benzene ring substituents is 1. The molecule has 0 saturated heterocycles. The predicted molar refractivity (Wildman–Crippen MR) is 145 cm³/mol. The molecule has 1 aromatic heterocycles. The van der Waals surface area contributed by atoms with Crippen molar-refractivity contribution in [3.8, 4) is 17.1 Å². The van der Waals surface area contributed by atoms with Crippen LogP contribution in [0.5, 0.6) is 5.75 Å². The van der Waals surface area contributed by atoms with Gasteiger partial charge >= 0.3 is 0 Å². The number of anilines is 1. The second-order valence-corrected chi connectivity index (χ2v) is 10.2. The number of hydrazone groups is 1. The molecule has 1 amide bonds. The summed E-state index contributed by atoms with van der Waals surface area (Å²) in [4.78, 5) is 23.1. The molecule has 0 aliphatic carbocycles. The zero-order chi connectivity index (χ0) is 28.0. The smallest absolute Gasteiger partial charge is 0.269 e. The van der Waals surface area contributed by atoms with Crippen LogP contribution in [0.2, 0.25) is 0 Å². The maximum Gasteiger partial charge on any atom is 0.269 e. The number of hydrogen-bond donors (Lipinski definition) is 1. The van der Waals surface area contributed by atoms with E-state index in [0.717, 1.165) is 9.87 Å². The molecule has 1 N–H and O–H groups in total. The van der Waals surface area contributed by atoms with E-state index in [4.69, 9.17) is 9.15 Å². The zero-order valence-corrected chi connectivity index (χ0v) is 21.8. The number of benzene rings is 3. The van der Waals surface area contributed by atoms with Gasteiger partial charge in [0.25, 0.3) is 21.6 Å². The second-order valence-electron chi connectivity index (χ2n) is 8.32. The van der Waals surface area contributed by atoms with E-state index in [2.05, 4.69) is 10.5 Å². The number of carbonyl (C=O) groups is 1. The number of aryl methyl sites for hydroxylation is 1. The summed E-state index contributed by atoms with van der Waals surface area (Å²) < 4.78 is 38.7. The number of nitrogens with zero attached hydrogens (tertiary/aromatic N) is 3. The maximum absolute atomic E-state index is 13.5. The van der Waals surface area contributed by atoms with Crippen LogP contribution in [0.4, 0.5) is 11.4 Å². The molecule has 0 spiro atoms. The summed E-state index contributed by atoms with van der Waals surface area (Å²) in [7, 11) is -2.62. The van der Waals surface area contributed by atoms with Gasteiger partial charge in [-0.05, 0) is 67.6 Å². The molecule has 1 heterocycles. The third-order valence-electron chi connectivity index (χ3n) is 5.63. The van der Waals surface area contributed by atoms with Crippen LogP contribution in [-0.2, 0) is 14.8 Å². The molecule has 11 nitrogen and oxygen atoms in total. The normalized spacial score (nSPS) is 11.3. The molecule has 0 aliphatic heterocycles. The van der Waals surface area contributed by atoms with Gasteiger partial charge in [-0.25, -0.2) is 13.8 Å². The van der Waals surface area contributed by atoms with Crippen LogP contribution in [0.15, 0.2) is 99.3 Å². The van der Waals surface area contributed by atoms with E-state index < -0.39 is 27.4 Å². The van der Waals surface area contributed by atoms with E-state index in [-0.39, 0.29) is 10.6 Å². The van der Waals surface area contributed by atoms with Crippen LogP contribution in [0, 0.1) is 17.0 Å². The highest BCUT2D eigenvalue weighted by Gasteiger charge is 2.27. The van der Waals surface area contributed by atoms with Gasteiger partial charge in [0.2, 0.25) is 0 Å². The number of nitro groups is 1. The molecular weight excluding hydrogens is 524 g/mol. The number of methoxy groups -OCH3 is 1. The number of rotatable bonds is 10. The van der Waals surface area contributed by atoms with Crippen molar-refractivity contribution < 1.29 is 27.3 Å². The van der Waals surface area contributed by atoms with Crippen LogP contribution >= 0.6 is 0 Å². The molecule has 0 unspecified atom stereocenters. The van der Waals surface area contributed by atoms with Gasteiger partial charge in [-0.1, -0.05) is 17.7 Å². The summed E-state index contributed by atoms with van der Waals surface area (Å²) in [5.41, 5.74) is 4.16. The van der Waals surface area contributed by atoms with Crippen LogP contribution in [0.25, 0.3) is 11.3 Å². The Morgan fingerprint density at radius 3 is 2.31 bits per heavy atom. The van der Waals surface area contributed by atoms with Crippen LogP contribution in [0.3, 0.4) is 0 Å². The van der Waals surface area contributed by atoms with Crippen molar-refractivity contribution in [3.63, 3.8) is 0 Å². The predicted octanol–water partition coefficient (Wildman–Crippen LogP) is 4.52. The van der Waals surface area contributed by atoms with E-state index >= 15 is 0 Å². The highest BCUT2D eigenvalue weighted by Crippen LogP contribution is 2.26. The molecule has 0 radical (unpaired) electrons. The molecule has 3 aromatic carbocycles. The zero-order valence-electron chi connectivity index (χ0n) is 21.0. The van der Waals surface area contributed by atoms with Gasteiger partial charge in [0.15, 0.2) is 0 Å². The Hall–Kier alpha value is -4.97. The number of furan rings is 1. The minimum Gasteiger partial charge on any atom is -0.497 e. The molecule has 12 heteroatoms. The first kappa shape index (κ1) is 27.1. The second kappa shape index (κ2) is 11.6. The van der Waals surface area contributed by atoms with Gasteiger partial charge in [-0.15, -0.1) is 0 Å². The lowest BCUT2D eigenvalue weighted by Crippen LogP contribution is -2.39. The Balaban J connectivity index is 1.48. The van der Waals surface area contributed by atoms with Crippen molar-refractivity contribution in [2.75, 3.05) is 18.0 Å². The van der Waals surface area contributed by atoms with E-state index in [1.165, 1.54) is 49.7 Å². The van der Waals surface area contributed by atoms with Crippen molar-refractivity contribution in [3.05, 3.63) is 106 Å². The maximum atomic E-state index is 13.5. The third-order valence-corrected chi connectivity index (χ3v) is 7.42. The topological polar surface area (TPSA) is 144 Å². The molecular formula is C27H24N4O7S. The van der Waals surface area contributed by atoms with Crippen molar-refractivity contribution >= 4 is 33.5 Å². The Morgan fingerprint density at radius 2 is 1.69 bits per heavy atom. The van der Waals surface area contributed by atoms with Crippen molar-refractivity contribution in [1.82, 2.24) is 5.43 Å². The van der Waals surface area contributed by atoms with Crippen molar-refractivity contribution in [1.29, 1.82) is 0 Å². The lowest BCUT2D eigenvalue weighted by molar-refractivity contribution is -0.384. The monoisotopic (exact) mass is 548 g/mol. The fourth-order valence-corrected chi connectivity index (χ4v) is 4.98. The first-order valence-corrected chi connectivity index (χ1v) is 13.0. The number of carbonyl (C=O) groups excluding carboxylic acids is 1. The average Bonchev–Trinajstić information content (AvgIpc) is 3.41. The SMILES string of the molecule is COc1ccc(S(=O)(=O)N(CC(=O)N/N=C/c2ccc(-c3ccc([N+](=O)[O-])cc3)o2)c2ccc(C)cc2)cc1. The van der Waals surface area contributed by atoms with E-state index in [9.17, 15) is 23.3 Å².